The zero-order valence-corrected chi connectivity index (χ0v) is 14.3. The molecule has 5 heteroatoms. The fourth-order valence-electron chi connectivity index (χ4n) is 3.06. The maximum atomic E-state index is 12.6. The van der Waals surface area contributed by atoms with Gasteiger partial charge < -0.3 is 14.7 Å². The Balaban J connectivity index is 1.87. The molecule has 1 saturated heterocycles. The zero-order chi connectivity index (χ0) is 17.4. The van der Waals surface area contributed by atoms with E-state index in [1.165, 1.54) is 0 Å². The molecule has 1 amide bonds. The average Bonchev–Trinajstić information content (AvgIpc) is 2.98. The molecule has 0 bridgehead atoms. The van der Waals surface area contributed by atoms with Crippen LogP contribution in [-0.2, 0) is 20.9 Å². The fourth-order valence-corrected chi connectivity index (χ4v) is 3.06. The lowest BCUT2D eigenvalue weighted by Crippen LogP contribution is -2.32. The number of carboxylic acids is 1. The minimum absolute atomic E-state index is 0.0763. The van der Waals surface area contributed by atoms with Gasteiger partial charge in [-0.3, -0.25) is 9.59 Å². The summed E-state index contributed by atoms with van der Waals surface area (Å²) < 4.78 is 5.77. The second kappa shape index (κ2) is 9.42. The molecular weight excluding hydrogens is 306 g/mol. The number of benzene rings is 1. The van der Waals surface area contributed by atoms with Crippen molar-refractivity contribution in [1.82, 2.24) is 4.90 Å². The number of carbonyl (C=O) groups excluding carboxylic acids is 1. The summed E-state index contributed by atoms with van der Waals surface area (Å²) in [6, 6.07) is 9.81. The van der Waals surface area contributed by atoms with Crippen molar-refractivity contribution >= 4 is 11.9 Å². The molecule has 2 unspecified atom stereocenters. The van der Waals surface area contributed by atoms with Crippen LogP contribution in [0.2, 0.25) is 0 Å². The van der Waals surface area contributed by atoms with Crippen molar-refractivity contribution in [1.29, 1.82) is 0 Å². The van der Waals surface area contributed by atoms with E-state index in [0.717, 1.165) is 24.8 Å². The first-order chi connectivity index (χ1) is 11.5. The lowest BCUT2D eigenvalue weighted by atomic mass is 10.1. The standard InChI is InChI=1S/C19H27NO4/c1-15-9-10-17(24-15)11-12-18(21)20(13-5-8-19(22)23)14-16-6-3-2-4-7-16/h2-4,6-7,15,17H,5,8-14H2,1H3,(H,22,23). The Morgan fingerprint density at radius 2 is 1.96 bits per heavy atom. The highest BCUT2D eigenvalue weighted by Gasteiger charge is 2.23. The Labute approximate surface area is 143 Å². The number of hydrogen-bond donors (Lipinski definition) is 1. The van der Waals surface area contributed by atoms with Crippen LogP contribution in [0.3, 0.4) is 0 Å². The summed E-state index contributed by atoms with van der Waals surface area (Å²) in [6.45, 7) is 3.07. The summed E-state index contributed by atoms with van der Waals surface area (Å²) in [4.78, 5) is 25.1. The molecule has 0 spiro atoms. The first-order valence-electron chi connectivity index (χ1n) is 8.73. The Morgan fingerprint density at radius 1 is 1.21 bits per heavy atom. The molecule has 2 atom stereocenters. The minimum Gasteiger partial charge on any atom is -0.481 e. The lowest BCUT2D eigenvalue weighted by molar-refractivity contribution is -0.138. The van der Waals surface area contributed by atoms with E-state index in [4.69, 9.17) is 9.84 Å². The fraction of sp³-hybridized carbons (Fsp3) is 0.579. The monoisotopic (exact) mass is 333 g/mol. The maximum Gasteiger partial charge on any atom is 0.303 e. The van der Waals surface area contributed by atoms with Crippen LogP contribution in [-0.4, -0.2) is 40.6 Å². The van der Waals surface area contributed by atoms with Crippen LogP contribution in [0.25, 0.3) is 0 Å². The van der Waals surface area contributed by atoms with Crippen molar-refractivity contribution in [3.8, 4) is 0 Å². The molecule has 0 aromatic heterocycles. The van der Waals surface area contributed by atoms with E-state index in [2.05, 4.69) is 6.92 Å². The van der Waals surface area contributed by atoms with Crippen LogP contribution < -0.4 is 0 Å². The minimum atomic E-state index is -0.824. The van der Waals surface area contributed by atoms with Crippen LogP contribution in [0, 0.1) is 0 Å². The summed E-state index contributed by atoms with van der Waals surface area (Å²) in [5.41, 5.74) is 1.06. The predicted octanol–water partition coefficient (Wildman–Crippen LogP) is 3.23. The van der Waals surface area contributed by atoms with Crippen LogP contribution in [0.1, 0.15) is 51.0 Å². The largest absolute Gasteiger partial charge is 0.481 e. The van der Waals surface area contributed by atoms with Crippen molar-refractivity contribution in [2.24, 2.45) is 0 Å². The third-order valence-electron chi connectivity index (χ3n) is 4.39. The number of rotatable bonds is 9. The summed E-state index contributed by atoms with van der Waals surface area (Å²) in [5.74, 6) is -0.747. The van der Waals surface area contributed by atoms with Gasteiger partial charge in [-0.1, -0.05) is 30.3 Å². The number of nitrogens with zero attached hydrogens (tertiary/aromatic N) is 1. The van der Waals surface area contributed by atoms with E-state index in [0.29, 0.717) is 32.0 Å². The molecule has 0 radical (unpaired) electrons. The van der Waals surface area contributed by atoms with Gasteiger partial charge in [-0.2, -0.15) is 0 Å². The molecule has 5 nitrogen and oxygen atoms in total. The van der Waals surface area contributed by atoms with Gasteiger partial charge in [0.25, 0.3) is 0 Å². The highest BCUT2D eigenvalue weighted by Crippen LogP contribution is 2.23. The average molecular weight is 333 g/mol. The summed E-state index contributed by atoms with van der Waals surface area (Å²) in [5, 5.41) is 8.81. The zero-order valence-electron chi connectivity index (χ0n) is 14.3. The molecule has 1 heterocycles. The van der Waals surface area contributed by atoms with Crippen molar-refractivity contribution in [2.45, 2.75) is 64.2 Å². The molecule has 1 aliphatic rings. The van der Waals surface area contributed by atoms with Crippen LogP contribution in [0.15, 0.2) is 30.3 Å². The molecule has 1 aliphatic heterocycles. The first-order valence-corrected chi connectivity index (χ1v) is 8.73. The molecule has 1 aromatic carbocycles. The van der Waals surface area contributed by atoms with Gasteiger partial charge in [-0.15, -0.1) is 0 Å². The van der Waals surface area contributed by atoms with Crippen molar-refractivity contribution in [3.05, 3.63) is 35.9 Å². The maximum absolute atomic E-state index is 12.6. The second-order valence-corrected chi connectivity index (χ2v) is 6.48. The highest BCUT2D eigenvalue weighted by atomic mass is 16.5. The van der Waals surface area contributed by atoms with Crippen LogP contribution in [0.5, 0.6) is 0 Å². The Bertz CT molecular complexity index is 531. The number of carboxylic acid groups (broad SMARTS) is 1. The Kier molecular flexibility index (Phi) is 7.25. The third kappa shape index (κ3) is 6.32. The normalized spacial score (nSPS) is 20.0. The van der Waals surface area contributed by atoms with E-state index in [1.807, 2.05) is 30.3 Å². The van der Waals surface area contributed by atoms with Gasteiger partial charge in [0.15, 0.2) is 0 Å². The smallest absolute Gasteiger partial charge is 0.303 e. The molecule has 24 heavy (non-hydrogen) atoms. The van der Waals surface area contributed by atoms with E-state index in [-0.39, 0.29) is 18.4 Å². The second-order valence-electron chi connectivity index (χ2n) is 6.48. The van der Waals surface area contributed by atoms with Crippen molar-refractivity contribution in [2.75, 3.05) is 6.54 Å². The highest BCUT2D eigenvalue weighted by molar-refractivity contribution is 5.76. The van der Waals surface area contributed by atoms with Gasteiger partial charge in [0.2, 0.25) is 5.91 Å². The molecule has 1 fully saturated rings. The quantitative estimate of drug-likeness (QED) is 0.753. The van der Waals surface area contributed by atoms with E-state index in [1.54, 1.807) is 4.90 Å². The molecule has 0 aliphatic carbocycles. The van der Waals surface area contributed by atoms with Gasteiger partial charge in [0, 0.05) is 25.9 Å². The number of carbonyl (C=O) groups is 2. The number of amides is 1. The number of ether oxygens (including phenoxy) is 1. The summed E-state index contributed by atoms with van der Waals surface area (Å²) >= 11 is 0. The van der Waals surface area contributed by atoms with Gasteiger partial charge in [-0.05, 0) is 38.2 Å². The van der Waals surface area contributed by atoms with Gasteiger partial charge in [0.1, 0.15) is 0 Å². The molecule has 1 aromatic rings. The van der Waals surface area contributed by atoms with Crippen LogP contribution >= 0.6 is 0 Å². The Hall–Kier alpha value is -1.88. The van der Waals surface area contributed by atoms with E-state index < -0.39 is 5.97 Å². The van der Waals surface area contributed by atoms with Crippen molar-refractivity contribution < 1.29 is 19.4 Å². The van der Waals surface area contributed by atoms with Gasteiger partial charge >= 0.3 is 5.97 Å². The summed E-state index contributed by atoms with van der Waals surface area (Å²) in [6.07, 6.45) is 4.32. The van der Waals surface area contributed by atoms with E-state index in [9.17, 15) is 9.59 Å². The van der Waals surface area contributed by atoms with E-state index >= 15 is 0 Å². The van der Waals surface area contributed by atoms with Crippen LogP contribution in [0.4, 0.5) is 0 Å². The number of hydrogen-bond acceptors (Lipinski definition) is 3. The van der Waals surface area contributed by atoms with Gasteiger partial charge in [-0.25, -0.2) is 0 Å². The number of aliphatic carboxylic acids is 1. The lowest BCUT2D eigenvalue weighted by Gasteiger charge is -2.23. The SMILES string of the molecule is CC1CCC(CCC(=O)N(CCCC(=O)O)Cc2ccccc2)O1. The molecular formula is C19H27NO4. The molecule has 132 valence electrons. The van der Waals surface area contributed by atoms with Gasteiger partial charge in [0.05, 0.1) is 12.2 Å². The molecule has 2 rings (SSSR count). The molecule has 1 N–H and O–H groups in total. The summed E-state index contributed by atoms with van der Waals surface area (Å²) in [7, 11) is 0. The first kappa shape index (κ1) is 18.5. The topological polar surface area (TPSA) is 66.8 Å². The van der Waals surface area contributed by atoms with Crippen molar-refractivity contribution in [3.63, 3.8) is 0 Å². The molecule has 0 saturated carbocycles. The predicted molar refractivity (Wildman–Crippen MR) is 91.5 cm³/mol. The third-order valence-corrected chi connectivity index (χ3v) is 4.39. The Morgan fingerprint density at radius 3 is 2.58 bits per heavy atom.